The van der Waals surface area contributed by atoms with E-state index in [0.29, 0.717) is 11.3 Å². The quantitative estimate of drug-likeness (QED) is 0.767. The summed E-state index contributed by atoms with van der Waals surface area (Å²) < 4.78 is 15.0. The molecule has 1 saturated heterocycles. The number of hydrogen-bond acceptors (Lipinski definition) is 4. The summed E-state index contributed by atoms with van der Waals surface area (Å²) >= 11 is 0. The lowest BCUT2D eigenvalue weighted by molar-refractivity contribution is -0.119. The van der Waals surface area contributed by atoms with Crippen LogP contribution in [0.3, 0.4) is 0 Å². The van der Waals surface area contributed by atoms with Gasteiger partial charge < -0.3 is 15.6 Å². The van der Waals surface area contributed by atoms with E-state index in [2.05, 4.69) is 5.32 Å². The van der Waals surface area contributed by atoms with Crippen LogP contribution in [-0.4, -0.2) is 53.1 Å². The van der Waals surface area contributed by atoms with Gasteiger partial charge in [-0.3, -0.25) is 14.5 Å². The van der Waals surface area contributed by atoms with E-state index in [9.17, 15) is 14.0 Å². The van der Waals surface area contributed by atoms with Crippen molar-refractivity contribution in [3.63, 3.8) is 0 Å². The second-order valence-corrected chi connectivity index (χ2v) is 5.43. The van der Waals surface area contributed by atoms with E-state index in [1.54, 1.807) is 22.7 Å². The summed E-state index contributed by atoms with van der Waals surface area (Å²) in [4.78, 5) is 24.7. The van der Waals surface area contributed by atoms with Crippen molar-refractivity contribution in [2.24, 2.45) is 12.8 Å². The lowest BCUT2D eigenvalue weighted by Crippen LogP contribution is -2.43. The number of rotatable bonds is 5. The number of halogens is 1. The number of nitrogens with two attached hydrogens (primary N) is 1. The van der Waals surface area contributed by atoms with Crippen LogP contribution < -0.4 is 11.1 Å². The molecule has 2 rings (SSSR count). The molecule has 8 heteroatoms. The zero-order valence-electron chi connectivity index (χ0n) is 12.3. The Labute approximate surface area is 127 Å². The van der Waals surface area contributed by atoms with Gasteiger partial charge in [0.2, 0.25) is 5.91 Å². The maximum Gasteiger partial charge on any atom is 0.267 e. The molecular weight excluding hydrogens is 289 g/mol. The first kappa shape index (κ1) is 16.0. The van der Waals surface area contributed by atoms with Gasteiger partial charge in [-0.1, -0.05) is 0 Å². The largest absolute Gasteiger partial charge is 0.369 e. The van der Waals surface area contributed by atoms with Crippen molar-refractivity contribution in [2.45, 2.75) is 18.6 Å². The van der Waals surface area contributed by atoms with Gasteiger partial charge in [0.25, 0.3) is 5.91 Å². The minimum atomic E-state index is -1.03. The first-order chi connectivity index (χ1) is 10.4. The minimum Gasteiger partial charge on any atom is -0.369 e. The number of aromatic nitrogens is 1. The van der Waals surface area contributed by atoms with Crippen LogP contribution in [-0.2, 0) is 11.8 Å². The van der Waals surface area contributed by atoms with Crippen LogP contribution >= 0.6 is 0 Å². The molecule has 118 valence electrons. The van der Waals surface area contributed by atoms with Gasteiger partial charge in [-0.25, -0.2) is 4.39 Å². The van der Waals surface area contributed by atoms with Crippen LogP contribution in [0.1, 0.15) is 22.5 Å². The number of nitrogens with one attached hydrogen (secondary N) is 1. The first-order valence-corrected chi connectivity index (χ1v) is 6.91. The van der Waals surface area contributed by atoms with Gasteiger partial charge in [0, 0.05) is 32.4 Å². The average molecular weight is 307 g/mol. The Hall–Kier alpha value is -2.40. The minimum absolute atomic E-state index is 0.0241. The number of aryl methyl sites for hydroxylation is 1. The van der Waals surface area contributed by atoms with Crippen molar-refractivity contribution >= 4 is 11.8 Å². The Morgan fingerprint density at radius 1 is 1.59 bits per heavy atom. The van der Waals surface area contributed by atoms with Crippen molar-refractivity contribution in [3.05, 3.63) is 23.5 Å². The second-order valence-electron chi connectivity index (χ2n) is 5.43. The fourth-order valence-electron chi connectivity index (χ4n) is 2.68. The molecule has 1 aliphatic rings. The van der Waals surface area contributed by atoms with Crippen LogP contribution in [0.15, 0.2) is 12.3 Å². The Bertz CT molecular complexity index is 621. The molecule has 0 aromatic carbocycles. The Morgan fingerprint density at radius 2 is 2.32 bits per heavy atom. The van der Waals surface area contributed by atoms with Crippen LogP contribution in [0.4, 0.5) is 4.39 Å². The molecule has 0 bridgehead atoms. The number of likely N-dealkylation sites (tertiary alicyclic amines) is 1. The van der Waals surface area contributed by atoms with Crippen molar-refractivity contribution in [3.8, 4) is 6.07 Å². The van der Waals surface area contributed by atoms with Gasteiger partial charge in [-0.2, -0.15) is 5.26 Å². The van der Waals surface area contributed by atoms with Crippen LogP contribution in [0.5, 0.6) is 0 Å². The van der Waals surface area contributed by atoms with E-state index in [1.165, 1.54) is 6.07 Å². The van der Waals surface area contributed by atoms with Gasteiger partial charge in [-0.15, -0.1) is 0 Å². The van der Waals surface area contributed by atoms with Gasteiger partial charge in [0.1, 0.15) is 17.9 Å². The molecule has 22 heavy (non-hydrogen) atoms. The van der Waals surface area contributed by atoms with E-state index in [4.69, 9.17) is 11.0 Å². The van der Waals surface area contributed by atoms with Crippen LogP contribution in [0, 0.1) is 11.3 Å². The molecular formula is C14H18FN5O2. The zero-order valence-corrected chi connectivity index (χ0v) is 12.3. The lowest BCUT2D eigenvalue weighted by Gasteiger charge is -2.22. The fourth-order valence-corrected chi connectivity index (χ4v) is 2.68. The molecule has 1 aromatic rings. The third kappa shape index (κ3) is 3.62. The molecule has 0 aliphatic carbocycles. The normalized spacial score (nSPS) is 21.5. The Morgan fingerprint density at radius 3 is 2.91 bits per heavy atom. The summed E-state index contributed by atoms with van der Waals surface area (Å²) in [5.41, 5.74) is 5.89. The Balaban J connectivity index is 1.96. The van der Waals surface area contributed by atoms with Gasteiger partial charge in [0.05, 0.1) is 12.1 Å². The SMILES string of the molecule is Cn1cc(C#N)cc1C(=O)NC[C@@H]1C[C@H](F)CN1CC(N)=O. The predicted octanol–water partition coefficient (Wildman–Crippen LogP) is -0.476. The van der Waals surface area contributed by atoms with Crippen LogP contribution in [0.25, 0.3) is 0 Å². The molecule has 2 heterocycles. The fraction of sp³-hybridized carbons (Fsp3) is 0.500. The van der Waals surface area contributed by atoms with E-state index >= 15 is 0 Å². The van der Waals surface area contributed by atoms with E-state index in [-0.39, 0.29) is 38.0 Å². The van der Waals surface area contributed by atoms with Crippen LogP contribution in [0.2, 0.25) is 0 Å². The molecule has 3 N–H and O–H groups in total. The topological polar surface area (TPSA) is 104 Å². The van der Waals surface area contributed by atoms with Crippen molar-refractivity contribution < 1.29 is 14.0 Å². The summed E-state index contributed by atoms with van der Waals surface area (Å²) in [6, 6.07) is 3.19. The molecule has 0 spiro atoms. The van der Waals surface area contributed by atoms with E-state index < -0.39 is 12.1 Å². The smallest absolute Gasteiger partial charge is 0.267 e. The van der Waals surface area contributed by atoms with Gasteiger partial charge in [-0.05, 0) is 12.5 Å². The molecule has 0 unspecified atom stereocenters. The maximum absolute atomic E-state index is 13.5. The highest BCUT2D eigenvalue weighted by atomic mass is 19.1. The molecule has 1 aromatic heterocycles. The third-order valence-electron chi connectivity index (χ3n) is 3.70. The highest BCUT2D eigenvalue weighted by Crippen LogP contribution is 2.19. The first-order valence-electron chi connectivity index (χ1n) is 6.91. The number of amides is 2. The maximum atomic E-state index is 13.5. The second kappa shape index (κ2) is 6.58. The monoisotopic (exact) mass is 307 g/mol. The summed E-state index contributed by atoms with van der Waals surface area (Å²) in [5.74, 6) is -0.864. The number of carbonyl (C=O) groups is 2. The number of alkyl halides is 1. The molecule has 1 fully saturated rings. The number of nitrogens with zero attached hydrogens (tertiary/aromatic N) is 3. The summed E-state index contributed by atoms with van der Waals surface area (Å²) in [7, 11) is 1.67. The highest BCUT2D eigenvalue weighted by molar-refractivity contribution is 5.93. The molecule has 2 amide bonds. The summed E-state index contributed by atoms with van der Waals surface area (Å²) in [5, 5.41) is 11.5. The van der Waals surface area contributed by atoms with E-state index in [0.717, 1.165) is 0 Å². The Kier molecular flexibility index (Phi) is 4.78. The van der Waals surface area contributed by atoms with Gasteiger partial charge >= 0.3 is 0 Å². The van der Waals surface area contributed by atoms with Crippen molar-refractivity contribution in [1.82, 2.24) is 14.8 Å². The molecule has 1 aliphatic heterocycles. The van der Waals surface area contributed by atoms with Crippen molar-refractivity contribution in [2.75, 3.05) is 19.6 Å². The zero-order chi connectivity index (χ0) is 16.3. The van der Waals surface area contributed by atoms with Gasteiger partial charge in [0.15, 0.2) is 0 Å². The average Bonchev–Trinajstić information content (AvgIpc) is 2.98. The molecule has 0 saturated carbocycles. The standard InChI is InChI=1S/C14H18FN5O2/c1-19-6-9(4-16)2-12(19)14(22)18-5-11-3-10(15)7-20(11)8-13(17)21/h2,6,10-11H,3,5,7-8H2,1H3,(H2,17,21)(H,18,22)/t10-,11-/m0/s1. The summed E-state index contributed by atoms with van der Waals surface area (Å²) in [6.45, 7) is 0.343. The van der Waals surface area contributed by atoms with Crippen molar-refractivity contribution in [1.29, 1.82) is 5.26 Å². The molecule has 7 nitrogen and oxygen atoms in total. The lowest BCUT2D eigenvalue weighted by atomic mass is 10.2. The highest BCUT2D eigenvalue weighted by Gasteiger charge is 2.33. The number of primary amides is 1. The third-order valence-corrected chi connectivity index (χ3v) is 3.70. The van der Waals surface area contributed by atoms with E-state index in [1.807, 2.05) is 6.07 Å². The number of hydrogen-bond donors (Lipinski definition) is 2. The molecule has 2 atom stereocenters. The number of nitriles is 1. The number of carbonyl (C=O) groups excluding carboxylic acids is 2. The predicted molar refractivity (Wildman–Crippen MR) is 76.5 cm³/mol. The summed E-state index contributed by atoms with van der Waals surface area (Å²) in [6.07, 6.45) is 0.785. The molecule has 0 radical (unpaired) electrons.